The number of carbonyl (C=O) groups is 4. The Hall–Kier alpha value is -3.80. The summed E-state index contributed by atoms with van der Waals surface area (Å²) < 4.78 is 1.68. The normalized spacial score (nSPS) is 12.3. The molecule has 1 amide bonds. The van der Waals surface area contributed by atoms with Gasteiger partial charge < -0.3 is 9.88 Å². The number of amides is 1. The van der Waals surface area contributed by atoms with Crippen molar-refractivity contribution in [3.05, 3.63) is 88.7 Å². The number of fused-ring (bicyclic) bond motifs is 2. The molecule has 3 aromatic rings. The van der Waals surface area contributed by atoms with Crippen molar-refractivity contribution in [3.8, 4) is 0 Å². The Labute approximate surface area is 160 Å². The molecule has 1 N–H and O–H groups in total. The third-order valence-corrected chi connectivity index (χ3v) is 4.79. The minimum absolute atomic E-state index is 0.123. The van der Waals surface area contributed by atoms with Gasteiger partial charge in [-0.1, -0.05) is 36.4 Å². The third kappa shape index (κ3) is 2.95. The second-order valence-corrected chi connectivity index (χ2v) is 6.47. The molecule has 1 aromatic heterocycles. The zero-order chi connectivity index (χ0) is 19.7. The van der Waals surface area contributed by atoms with Crippen molar-refractivity contribution in [2.75, 3.05) is 5.32 Å². The van der Waals surface area contributed by atoms with Crippen LogP contribution < -0.4 is 5.32 Å². The molecule has 28 heavy (non-hydrogen) atoms. The molecule has 0 bridgehead atoms. The SMILES string of the molecule is O=Cc1cccn1CCC(=O)Nc1cccc2c1C(=O)c1ccccc1C2=O. The van der Waals surface area contributed by atoms with E-state index in [9.17, 15) is 19.2 Å². The van der Waals surface area contributed by atoms with Crippen LogP contribution in [0.1, 0.15) is 48.8 Å². The first kappa shape index (κ1) is 17.6. The van der Waals surface area contributed by atoms with E-state index in [0.717, 1.165) is 6.29 Å². The number of hydrogen-bond acceptors (Lipinski definition) is 4. The third-order valence-electron chi connectivity index (χ3n) is 4.79. The van der Waals surface area contributed by atoms with Crippen LogP contribution in [-0.2, 0) is 11.3 Å². The number of ketones is 2. The maximum atomic E-state index is 12.9. The summed E-state index contributed by atoms with van der Waals surface area (Å²) in [4.78, 5) is 49.1. The predicted octanol–water partition coefficient (Wildman–Crippen LogP) is 3.10. The molecule has 6 nitrogen and oxygen atoms in total. The Balaban J connectivity index is 1.58. The minimum atomic E-state index is -0.307. The molecule has 0 radical (unpaired) electrons. The summed E-state index contributed by atoms with van der Waals surface area (Å²) in [5.41, 5.74) is 2.02. The number of nitrogens with zero attached hydrogens (tertiary/aromatic N) is 1. The summed E-state index contributed by atoms with van der Waals surface area (Å²) in [5.74, 6) is -0.822. The molecule has 1 aliphatic carbocycles. The van der Waals surface area contributed by atoms with E-state index >= 15 is 0 Å². The summed E-state index contributed by atoms with van der Waals surface area (Å²) in [7, 11) is 0. The number of aryl methyl sites for hydroxylation is 1. The average Bonchev–Trinajstić information content (AvgIpc) is 3.18. The number of aldehydes is 1. The van der Waals surface area contributed by atoms with Crippen LogP contribution in [0.3, 0.4) is 0 Å². The average molecular weight is 372 g/mol. The Morgan fingerprint density at radius 3 is 2.36 bits per heavy atom. The van der Waals surface area contributed by atoms with E-state index in [2.05, 4.69) is 5.32 Å². The van der Waals surface area contributed by atoms with Gasteiger partial charge in [-0.3, -0.25) is 19.2 Å². The van der Waals surface area contributed by atoms with Gasteiger partial charge in [0.25, 0.3) is 0 Å². The van der Waals surface area contributed by atoms with Gasteiger partial charge >= 0.3 is 0 Å². The van der Waals surface area contributed by atoms with E-state index in [-0.39, 0.29) is 35.0 Å². The molecule has 4 rings (SSSR count). The molecule has 0 saturated heterocycles. The van der Waals surface area contributed by atoms with Gasteiger partial charge in [-0.05, 0) is 18.2 Å². The van der Waals surface area contributed by atoms with Crippen molar-refractivity contribution < 1.29 is 19.2 Å². The Morgan fingerprint density at radius 2 is 1.61 bits per heavy atom. The Bertz CT molecular complexity index is 1130. The van der Waals surface area contributed by atoms with Crippen LogP contribution in [0.2, 0.25) is 0 Å². The maximum absolute atomic E-state index is 12.9. The fourth-order valence-corrected chi connectivity index (χ4v) is 3.42. The van der Waals surface area contributed by atoms with E-state index in [1.807, 2.05) is 0 Å². The second-order valence-electron chi connectivity index (χ2n) is 6.47. The summed E-state index contributed by atoms with van der Waals surface area (Å²) in [6.45, 7) is 0.331. The van der Waals surface area contributed by atoms with Gasteiger partial charge in [0.1, 0.15) is 0 Å². The van der Waals surface area contributed by atoms with Crippen molar-refractivity contribution >= 4 is 29.4 Å². The maximum Gasteiger partial charge on any atom is 0.226 e. The van der Waals surface area contributed by atoms with E-state index in [1.165, 1.54) is 0 Å². The molecule has 0 fully saturated rings. The molecule has 0 aliphatic heterocycles. The molecule has 138 valence electrons. The van der Waals surface area contributed by atoms with E-state index in [1.54, 1.807) is 65.4 Å². The van der Waals surface area contributed by atoms with Crippen molar-refractivity contribution in [3.63, 3.8) is 0 Å². The molecule has 0 atom stereocenters. The molecule has 2 aromatic carbocycles. The topological polar surface area (TPSA) is 85.2 Å². The smallest absolute Gasteiger partial charge is 0.226 e. The highest BCUT2D eigenvalue weighted by Gasteiger charge is 2.31. The van der Waals surface area contributed by atoms with E-state index in [0.29, 0.717) is 29.1 Å². The van der Waals surface area contributed by atoms with Crippen molar-refractivity contribution in [2.24, 2.45) is 0 Å². The number of nitrogens with one attached hydrogen (secondary N) is 1. The molecule has 0 spiro atoms. The van der Waals surface area contributed by atoms with Crippen molar-refractivity contribution in [1.82, 2.24) is 4.57 Å². The fraction of sp³-hybridized carbons (Fsp3) is 0.0909. The van der Waals surface area contributed by atoms with Crippen molar-refractivity contribution in [1.29, 1.82) is 0 Å². The fourth-order valence-electron chi connectivity index (χ4n) is 3.42. The largest absolute Gasteiger partial charge is 0.345 e. The lowest BCUT2D eigenvalue weighted by atomic mass is 9.83. The van der Waals surface area contributed by atoms with Gasteiger partial charge in [0.2, 0.25) is 5.91 Å². The summed E-state index contributed by atoms with van der Waals surface area (Å²) in [6, 6.07) is 14.9. The lowest BCUT2D eigenvalue weighted by Crippen LogP contribution is -2.24. The first-order valence-electron chi connectivity index (χ1n) is 8.82. The zero-order valence-electron chi connectivity index (χ0n) is 14.8. The van der Waals surface area contributed by atoms with Gasteiger partial charge in [-0.2, -0.15) is 0 Å². The molecule has 1 aliphatic rings. The van der Waals surface area contributed by atoms with Crippen LogP contribution in [0.5, 0.6) is 0 Å². The predicted molar refractivity (Wildman–Crippen MR) is 103 cm³/mol. The highest BCUT2D eigenvalue weighted by atomic mass is 16.2. The minimum Gasteiger partial charge on any atom is -0.345 e. The van der Waals surface area contributed by atoms with Crippen LogP contribution >= 0.6 is 0 Å². The summed E-state index contributed by atoms with van der Waals surface area (Å²) >= 11 is 0. The van der Waals surface area contributed by atoms with Crippen LogP contribution in [-0.4, -0.2) is 28.3 Å². The van der Waals surface area contributed by atoms with Crippen molar-refractivity contribution in [2.45, 2.75) is 13.0 Å². The standard InChI is InChI=1S/C22H16N2O4/c25-13-14-5-4-11-24(14)12-10-19(26)23-18-9-3-8-17-20(18)22(28)16-7-2-1-6-15(16)21(17)27/h1-9,11,13H,10,12H2,(H,23,26). The Kier molecular flexibility index (Phi) is 4.45. The molecule has 1 heterocycles. The van der Waals surface area contributed by atoms with Gasteiger partial charge in [0.05, 0.1) is 16.9 Å². The van der Waals surface area contributed by atoms with E-state index < -0.39 is 0 Å². The zero-order valence-corrected chi connectivity index (χ0v) is 14.8. The molecule has 6 heteroatoms. The van der Waals surface area contributed by atoms with Crippen LogP contribution in [0.15, 0.2) is 60.8 Å². The monoisotopic (exact) mass is 372 g/mol. The lowest BCUT2D eigenvalue weighted by Gasteiger charge is -2.20. The lowest BCUT2D eigenvalue weighted by molar-refractivity contribution is -0.116. The second kappa shape index (κ2) is 7.08. The van der Waals surface area contributed by atoms with Crippen LogP contribution in [0, 0.1) is 0 Å². The number of aromatic nitrogens is 1. The summed E-state index contributed by atoms with van der Waals surface area (Å²) in [5, 5.41) is 2.74. The first-order valence-corrected chi connectivity index (χ1v) is 8.82. The number of benzene rings is 2. The van der Waals surface area contributed by atoms with Gasteiger partial charge in [0.15, 0.2) is 17.9 Å². The number of anilines is 1. The van der Waals surface area contributed by atoms with Gasteiger partial charge in [-0.15, -0.1) is 0 Å². The summed E-state index contributed by atoms with van der Waals surface area (Å²) in [6.07, 6.45) is 2.58. The molecule has 0 saturated carbocycles. The van der Waals surface area contributed by atoms with Crippen LogP contribution in [0.25, 0.3) is 0 Å². The van der Waals surface area contributed by atoms with E-state index in [4.69, 9.17) is 0 Å². The number of hydrogen-bond donors (Lipinski definition) is 1. The van der Waals surface area contributed by atoms with Gasteiger partial charge in [0, 0.05) is 35.9 Å². The quantitative estimate of drug-likeness (QED) is 0.546. The Morgan fingerprint density at radius 1 is 0.893 bits per heavy atom. The molecular formula is C22H16N2O4. The number of carbonyl (C=O) groups excluding carboxylic acids is 4. The van der Waals surface area contributed by atoms with Gasteiger partial charge in [-0.25, -0.2) is 0 Å². The van der Waals surface area contributed by atoms with Crippen LogP contribution in [0.4, 0.5) is 5.69 Å². The first-order chi connectivity index (χ1) is 13.6. The highest BCUT2D eigenvalue weighted by molar-refractivity contribution is 6.30. The number of rotatable bonds is 5. The molecular weight excluding hydrogens is 356 g/mol. The highest BCUT2D eigenvalue weighted by Crippen LogP contribution is 2.31. The molecule has 0 unspecified atom stereocenters.